The van der Waals surface area contributed by atoms with Crippen LogP contribution in [0.3, 0.4) is 0 Å². The van der Waals surface area contributed by atoms with E-state index in [9.17, 15) is 9.59 Å². The third-order valence-electron chi connectivity index (χ3n) is 5.47. The van der Waals surface area contributed by atoms with E-state index in [-0.39, 0.29) is 22.5 Å². The first-order valence-electron chi connectivity index (χ1n) is 8.77. The van der Waals surface area contributed by atoms with Gasteiger partial charge in [0.15, 0.2) is 5.69 Å². The van der Waals surface area contributed by atoms with Gasteiger partial charge in [-0.1, -0.05) is 32.9 Å². The predicted molar refractivity (Wildman–Crippen MR) is 95.9 cm³/mol. The molecule has 0 atom stereocenters. The summed E-state index contributed by atoms with van der Waals surface area (Å²) in [6, 6.07) is 5.18. The Morgan fingerprint density at radius 1 is 1.28 bits per heavy atom. The fourth-order valence-corrected chi connectivity index (χ4v) is 4.18. The molecule has 25 heavy (non-hydrogen) atoms. The summed E-state index contributed by atoms with van der Waals surface area (Å²) in [5.74, 6) is 0.743. The Bertz CT molecular complexity index is 853. The highest BCUT2D eigenvalue weighted by Gasteiger charge is 2.44. The van der Waals surface area contributed by atoms with Crippen LogP contribution in [-0.4, -0.2) is 15.6 Å². The first kappa shape index (κ1) is 17.5. The van der Waals surface area contributed by atoms with Gasteiger partial charge in [-0.2, -0.15) is 0 Å². The zero-order chi connectivity index (χ0) is 18.4. The second-order valence-corrected chi connectivity index (χ2v) is 7.46. The maximum absolute atomic E-state index is 13.2. The highest BCUT2D eigenvalue weighted by atomic mass is 16.5. The first-order chi connectivity index (χ1) is 11.8. The molecule has 0 spiro atoms. The van der Waals surface area contributed by atoms with Crippen LogP contribution in [0.1, 0.15) is 56.1 Å². The molecule has 3 heterocycles. The van der Waals surface area contributed by atoms with Crippen LogP contribution in [0.15, 0.2) is 27.5 Å². The van der Waals surface area contributed by atoms with Gasteiger partial charge in [-0.05, 0) is 43.7 Å². The molecule has 0 radical (unpaired) electrons. The van der Waals surface area contributed by atoms with Crippen molar-refractivity contribution in [3.05, 3.63) is 45.7 Å². The van der Waals surface area contributed by atoms with Crippen molar-refractivity contribution in [2.24, 2.45) is 11.8 Å². The summed E-state index contributed by atoms with van der Waals surface area (Å²) in [6.45, 7) is 10.3. The van der Waals surface area contributed by atoms with Crippen LogP contribution in [0.5, 0.6) is 0 Å². The molecule has 0 bridgehead atoms. The number of nitrogens with zero attached hydrogens (tertiary/aromatic N) is 2. The Labute approximate surface area is 147 Å². The lowest BCUT2D eigenvalue weighted by Crippen LogP contribution is -2.47. The van der Waals surface area contributed by atoms with E-state index in [0.717, 1.165) is 18.5 Å². The van der Waals surface area contributed by atoms with Crippen LogP contribution in [0.4, 0.5) is 5.69 Å². The number of pyridine rings is 1. The Morgan fingerprint density at radius 3 is 2.52 bits per heavy atom. The van der Waals surface area contributed by atoms with Crippen molar-refractivity contribution in [2.75, 3.05) is 5.32 Å². The molecule has 0 saturated heterocycles. The number of carbonyl (C=O) groups is 1. The number of aryl methyl sites for hydroxylation is 2. The van der Waals surface area contributed by atoms with Gasteiger partial charge in [0.05, 0.1) is 5.54 Å². The molecule has 0 aromatic carbocycles. The molecule has 134 valence electrons. The van der Waals surface area contributed by atoms with Crippen molar-refractivity contribution < 1.29 is 9.32 Å². The summed E-state index contributed by atoms with van der Waals surface area (Å²) < 4.78 is 6.84. The van der Waals surface area contributed by atoms with Crippen LogP contribution < -0.4 is 10.9 Å². The molecule has 0 saturated carbocycles. The van der Waals surface area contributed by atoms with Crippen LogP contribution in [-0.2, 0) is 12.0 Å². The molecular weight excluding hydrogens is 318 g/mol. The molecule has 2 aromatic heterocycles. The predicted octanol–water partition coefficient (Wildman–Crippen LogP) is 3.35. The van der Waals surface area contributed by atoms with E-state index in [1.54, 1.807) is 19.1 Å². The zero-order valence-electron chi connectivity index (χ0n) is 15.4. The number of nitrogens with one attached hydrogen (secondary N) is 1. The van der Waals surface area contributed by atoms with Crippen molar-refractivity contribution in [1.29, 1.82) is 0 Å². The molecule has 3 rings (SSSR count). The second kappa shape index (κ2) is 6.17. The summed E-state index contributed by atoms with van der Waals surface area (Å²) in [6.07, 6.45) is 1.82. The van der Waals surface area contributed by atoms with Crippen LogP contribution in [0.25, 0.3) is 0 Å². The van der Waals surface area contributed by atoms with Crippen molar-refractivity contribution in [3.63, 3.8) is 0 Å². The minimum atomic E-state index is -0.438. The second-order valence-electron chi connectivity index (χ2n) is 7.46. The van der Waals surface area contributed by atoms with Gasteiger partial charge in [0, 0.05) is 11.8 Å². The quantitative estimate of drug-likeness (QED) is 0.923. The Hall–Kier alpha value is -2.37. The fourth-order valence-electron chi connectivity index (χ4n) is 4.18. The highest BCUT2D eigenvalue weighted by Crippen LogP contribution is 2.43. The van der Waals surface area contributed by atoms with Gasteiger partial charge < -0.3 is 14.4 Å². The number of carbonyl (C=O) groups excluding carboxylic acids is 1. The fraction of sp³-hybridized carbons (Fsp3) is 0.526. The van der Waals surface area contributed by atoms with Gasteiger partial charge in [-0.15, -0.1) is 0 Å². The SMILES string of the molecule is Cc1cc(C(=O)Nc2ccc3n(c2=O)C(C(C)C)(C(C)C)CC3)no1. The molecule has 0 fully saturated rings. The summed E-state index contributed by atoms with van der Waals surface area (Å²) in [4.78, 5) is 25.5. The van der Waals surface area contributed by atoms with Crippen LogP contribution in [0.2, 0.25) is 0 Å². The molecule has 1 aliphatic heterocycles. The molecular formula is C19H25N3O3. The largest absolute Gasteiger partial charge is 0.361 e. The summed E-state index contributed by atoms with van der Waals surface area (Å²) in [5.41, 5.74) is 1.11. The molecule has 1 amide bonds. The normalized spacial score (nSPS) is 15.6. The van der Waals surface area contributed by atoms with E-state index in [4.69, 9.17) is 4.52 Å². The maximum atomic E-state index is 13.2. The zero-order valence-corrected chi connectivity index (χ0v) is 15.4. The van der Waals surface area contributed by atoms with Gasteiger partial charge in [0.1, 0.15) is 11.4 Å². The lowest BCUT2D eigenvalue weighted by molar-refractivity contribution is 0.101. The summed E-state index contributed by atoms with van der Waals surface area (Å²) in [7, 11) is 0. The standard InChI is InChI=1S/C19H25N3O3/c1-11(2)19(12(3)4)9-8-14-6-7-15(18(24)22(14)19)20-17(23)16-10-13(5)25-21-16/h6-7,10-12H,8-9H2,1-5H3,(H,20,23). The Morgan fingerprint density at radius 2 is 1.96 bits per heavy atom. The minimum absolute atomic E-state index is 0.147. The van der Waals surface area contributed by atoms with Crippen molar-refractivity contribution in [1.82, 2.24) is 9.72 Å². The number of fused-ring (bicyclic) bond motifs is 1. The number of hydrogen-bond donors (Lipinski definition) is 1. The van der Waals surface area contributed by atoms with E-state index in [1.165, 1.54) is 0 Å². The lowest BCUT2D eigenvalue weighted by Gasteiger charge is -2.40. The number of aromatic nitrogens is 2. The molecule has 1 aliphatic rings. The van der Waals surface area contributed by atoms with Gasteiger partial charge >= 0.3 is 0 Å². The highest BCUT2D eigenvalue weighted by molar-refractivity contribution is 6.02. The van der Waals surface area contributed by atoms with Gasteiger partial charge in [-0.3, -0.25) is 9.59 Å². The molecule has 0 unspecified atom stereocenters. The summed E-state index contributed by atoms with van der Waals surface area (Å²) in [5, 5.41) is 6.39. The molecule has 0 aliphatic carbocycles. The van der Waals surface area contributed by atoms with E-state index in [0.29, 0.717) is 17.6 Å². The van der Waals surface area contributed by atoms with Gasteiger partial charge in [0.25, 0.3) is 11.5 Å². The Balaban J connectivity index is 2.03. The van der Waals surface area contributed by atoms with E-state index in [2.05, 4.69) is 38.2 Å². The first-order valence-corrected chi connectivity index (χ1v) is 8.77. The molecule has 1 N–H and O–H groups in total. The maximum Gasteiger partial charge on any atom is 0.278 e. The Kier molecular flexibility index (Phi) is 4.31. The lowest BCUT2D eigenvalue weighted by atomic mass is 9.75. The van der Waals surface area contributed by atoms with Crippen molar-refractivity contribution >= 4 is 11.6 Å². The average Bonchev–Trinajstić information content (AvgIpc) is 3.14. The topological polar surface area (TPSA) is 77.1 Å². The third kappa shape index (κ3) is 2.69. The third-order valence-corrected chi connectivity index (χ3v) is 5.47. The van der Waals surface area contributed by atoms with Crippen LogP contribution in [0, 0.1) is 18.8 Å². The van der Waals surface area contributed by atoms with E-state index in [1.807, 2.05) is 10.6 Å². The van der Waals surface area contributed by atoms with Crippen LogP contribution >= 0.6 is 0 Å². The van der Waals surface area contributed by atoms with Gasteiger partial charge in [-0.25, -0.2) is 0 Å². The number of rotatable bonds is 4. The average molecular weight is 343 g/mol. The van der Waals surface area contributed by atoms with Crippen molar-refractivity contribution in [2.45, 2.75) is 53.0 Å². The monoisotopic (exact) mass is 343 g/mol. The molecule has 6 nitrogen and oxygen atoms in total. The minimum Gasteiger partial charge on any atom is -0.361 e. The number of amides is 1. The molecule has 2 aromatic rings. The van der Waals surface area contributed by atoms with E-state index >= 15 is 0 Å². The van der Waals surface area contributed by atoms with Gasteiger partial charge in [0.2, 0.25) is 0 Å². The van der Waals surface area contributed by atoms with E-state index < -0.39 is 5.91 Å². The molecule has 6 heteroatoms. The smallest absolute Gasteiger partial charge is 0.278 e. The summed E-state index contributed by atoms with van der Waals surface area (Å²) >= 11 is 0. The number of hydrogen-bond acceptors (Lipinski definition) is 4. The number of anilines is 1. The van der Waals surface area contributed by atoms with Crippen molar-refractivity contribution in [3.8, 4) is 0 Å².